The fourth-order valence-electron chi connectivity index (χ4n) is 2.06. The van der Waals surface area contributed by atoms with Gasteiger partial charge in [0.2, 0.25) is 0 Å². The van der Waals surface area contributed by atoms with Gasteiger partial charge in [-0.3, -0.25) is 0 Å². The predicted octanol–water partition coefficient (Wildman–Crippen LogP) is 2.11. The zero-order valence-corrected chi connectivity index (χ0v) is 10.2. The van der Waals surface area contributed by atoms with Gasteiger partial charge in [0.15, 0.2) is 11.0 Å². The van der Waals surface area contributed by atoms with E-state index in [1.165, 1.54) is 18.6 Å². The number of nitrogens with two attached hydrogens (primary N) is 1. The second kappa shape index (κ2) is 4.44. The smallest absolute Gasteiger partial charge is 0.160 e. The van der Waals surface area contributed by atoms with Gasteiger partial charge in [-0.15, -0.1) is 0 Å². The molecule has 2 aromatic rings. The van der Waals surface area contributed by atoms with Crippen molar-refractivity contribution in [3.8, 4) is 0 Å². The highest BCUT2D eigenvalue weighted by Crippen LogP contribution is 2.28. The van der Waals surface area contributed by atoms with E-state index in [1.54, 1.807) is 0 Å². The summed E-state index contributed by atoms with van der Waals surface area (Å²) in [5.74, 6) is 1.27. The molecule has 0 amide bonds. The van der Waals surface area contributed by atoms with E-state index in [9.17, 15) is 0 Å². The van der Waals surface area contributed by atoms with E-state index >= 15 is 0 Å². The summed E-state index contributed by atoms with van der Waals surface area (Å²) >= 11 is 2.03. The standard InChI is InChI=1S/C11H14N4OS/c12-8-3-4-9(11-10(8)14-16-15-11)13-6-7-2-1-5-17-7/h3-4,7,13H,1-2,5-6,12H2. The molecule has 1 aromatic heterocycles. The molecule has 0 bridgehead atoms. The monoisotopic (exact) mass is 250 g/mol. The van der Waals surface area contributed by atoms with E-state index in [4.69, 9.17) is 10.4 Å². The van der Waals surface area contributed by atoms with E-state index in [0.717, 1.165) is 12.2 Å². The SMILES string of the molecule is Nc1ccc(NCC2CCCS2)c2nonc12. The lowest BCUT2D eigenvalue weighted by molar-refractivity contribution is 0.316. The molecule has 1 atom stereocenters. The Kier molecular flexibility index (Phi) is 2.80. The van der Waals surface area contributed by atoms with E-state index in [0.29, 0.717) is 22.0 Å². The number of aromatic nitrogens is 2. The molecule has 3 N–H and O–H groups in total. The van der Waals surface area contributed by atoms with Crippen molar-refractivity contribution < 1.29 is 4.63 Å². The molecule has 1 aromatic carbocycles. The predicted molar refractivity (Wildman–Crippen MR) is 70.2 cm³/mol. The lowest BCUT2D eigenvalue weighted by Crippen LogP contribution is -2.13. The number of nitrogens with one attached hydrogen (secondary N) is 1. The maximum atomic E-state index is 5.79. The molecule has 2 heterocycles. The minimum atomic E-state index is 0.599. The molecule has 6 heteroatoms. The van der Waals surface area contributed by atoms with E-state index in [1.807, 2.05) is 23.9 Å². The lowest BCUT2D eigenvalue weighted by atomic mass is 10.2. The average Bonchev–Trinajstić information content (AvgIpc) is 2.99. The first kappa shape index (κ1) is 10.7. The van der Waals surface area contributed by atoms with Crippen LogP contribution in [0.25, 0.3) is 11.0 Å². The minimum Gasteiger partial charge on any atom is -0.397 e. The fraction of sp³-hybridized carbons (Fsp3) is 0.455. The quantitative estimate of drug-likeness (QED) is 0.812. The average molecular weight is 250 g/mol. The molecule has 1 saturated heterocycles. The Hall–Kier alpha value is -1.43. The van der Waals surface area contributed by atoms with Gasteiger partial charge < -0.3 is 11.1 Å². The van der Waals surface area contributed by atoms with Crippen LogP contribution in [0.5, 0.6) is 0 Å². The summed E-state index contributed by atoms with van der Waals surface area (Å²) < 4.78 is 4.73. The molecule has 1 fully saturated rings. The molecular formula is C11H14N4OS. The lowest BCUT2D eigenvalue weighted by Gasteiger charge is -2.11. The van der Waals surface area contributed by atoms with Crippen molar-refractivity contribution >= 4 is 34.2 Å². The molecule has 1 unspecified atom stereocenters. The van der Waals surface area contributed by atoms with Crippen LogP contribution in [0.15, 0.2) is 16.8 Å². The van der Waals surface area contributed by atoms with Crippen LogP contribution in [0, 0.1) is 0 Å². The minimum absolute atomic E-state index is 0.599. The molecular weight excluding hydrogens is 236 g/mol. The number of rotatable bonds is 3. The van der Waals surface area contributed by atoms with Crippen LogP contribution in [0.3, 0.4) is 0 Å². The summed E-state index contributed by atoms with van der Waals surface area (Å²) in [6.07, 6.45) is 2.60. The molecule has 0 radical (unpaired) electrons. The normalized spacial score (nSPS) is 19.9. The second-order valence-electron chi connectivity index (χ2n) is 4.18. The third-order valence-electron chi connectivity index (χ3n) is 2.99. The Morgan fingerprint density at radius 1 is 1.41 bits per heavy atom. The summed E-state index contributed by atoms with van der Waals surface area (Å²) in [5, 5.41) is 11.8. The van der Waals surface area contributed by atoms with E-state index in [-0.39, 0.29) is 0 Å². The van der Waals surface area contributed by atoms with Crippen LogP contribution in [0.2, 0.25) is 0 Å². The molecule has 1 aliphatic heterocycles. The summed E-state index contributed by atoms with van der Waals surface area (Å²) in [5.41, 5.74) is 8.69. The van der Waals surface area contributed by atoms with Gasteiger partial charge in [0.25, 0.3) is 0 Å². The van der Waals surface area contributed by atoms with Crippen LogP contribution >= 0.6 is 11.8 Å². The van der Waals surface area contributed by atoms with Crippen molar-refractivity contribution in [2.75, 3.05) is 23.3 Å². The Balaban J connectivity index is 1.80. The van der Waals surface area contributed by atoms with Crippen LogP contribution in [-0.4, -0.2) is 27.9 Å². The van der Waals surface area contributed by atoms with E-state index in [2.05, 4.69) is 15.6 Å². The highest BCUT2D eigenvalue weighted by molar-refractivity contribution is 8.00. The number of benzene rings is 1. The number of nitrogen functional groups attached to an aromatic ring is 1. The van der Waals surface area contributed by atoms with Crippen LogP contribution in [-0.2, 0) is 0 Å². The van der Waals surface area contributed by atoms with Gasteiger partial charge in [-0.05, 0) is 41.0 Å². The highest BCUT2D eigenvalue weighted by Gasteiger charge is 2.16. The van der Waals surface area contributed by atoms with Gasteiger partial charge in [0.1, 0.15) is 0 Å². The number of fused-ring (bicyclic) bond motifs is 1. The third kappa shape index (κ3) is 2.04. The second-order valence-corrected chi connectivity index (χ2v) is 5.59. The number of nitrogens with zero attached hydrogens (tertiary/aromatic N) is 2. The molecule has 3 rings (SSSR count). The Morgan fingerprint density at radius 3 is 3.12 bits per heavy atom. The van der Waals surface area contributed by atoms with Crippen molar-refractivity contribution in [3.63, 3.8) is 0 Å². The summed E-state index contributed by atoms with van der Waals surface area (Å²) in [7, 11) is 0. The number of thioether (sulfide) groups is 1. The number of hydrogen-bond acceptors (Lipinski definition) is 6. The Morgan fingerprint density at radius 2 is 2.29 bits per heavy atom. The van der Waals surface area contributed by atoms with Crippen molar-refractivity contribution in [2.45, 2.75) is 18.1 Å². The highest BCUT2D eigenvalue weighted by atomic mass is 32.2. The summed E-state index contributed by atoms with van der Waals surface area (Å²) in [4.78, 5) is 0. The first-order valence-corrected chi connectivity index (χ1v) is 6.75. The zero-order chi connectivity index (χ0) is 11.7. The third-order valence-corrected chi connectivity index (χ3v) is 4.39. The maximum absolute atomic E-state index is 5.79. The summed E-state index contributed by atoms with van der Waals surface area (Å²) in [6.45, 7) is 0.955. The van der Waals surface area contributed by atoms with Gasteiger partial charge in [0.05, 0.1) is 11.4 Å². The molecule has 90 valence electrons. The molecule has 1 aliphatic rings. The van der Waals surface area contributed by atoms with Crippen molar-refractivity contribution in [2.24, 2.45) is 0 Å². The van der Waals surface area contributed by atoms with Gasteiger partial charge >= 0.3 is 0 Å². The van der Waals surface area contributed by atoms with Crippen molar-refractivity contribution in [1.82, 2.24) is 10.3 Å². The fourth-order valence-corrected chi connectivity index (χ4v) is 3.26. The Bertz CT molecular complexity index is 521. The van der Waals surface area contributed by atoms with Gasteiger partial charge in [0, 0.05) is 11.8 Å². The Labute approximate surface area is 103 Å². The van der Waals surface area contributed by atoms with Crippen LogP contribution in [0.4, 0.5) is 11.4 Å². The summed E-state index contributed by atoms with van der Waals surface area (Å²) in [6, 6.07) is 3.76. The van der Waals surface area contributed by atoms with Gasteiger partial charge in [-0.1, -0.05) is 0 Å². The molecule has 5 nitrogen and oxygen atoms in total. The van der Waals surface area contributed by atoms with Crippen LogP contribution in [0.1, 0.15) is 12.8 Å². The number of hydrogen-bond donors (Lipinski definition) is 2. The number of anilines is 2. The first-order valence-electron chi connectivity index (χ1n) is 5.71. The topological polar surface area (TPSA) is 77.0 Å². The first-order chi connectivity index (χ1) is 8.34. The van der Waals surface area contributed by atoms with Crippen LogP contribution < -0.4 is 11.1 Å². The van der Waals surface area contributed by atoms with Gasteiger partial charge in [-0.25, -0.2) is 4.63 Å². The van der Waals surface area contributed by atoms with Gasteiger partial charge in [-0.2, -0.15) is 11.8 Å². The maximum Gasteiger partial charge on any atom is 0.160 e. The molecule has 0 aliphatic carbocycles. The zero-order valence-electron chi connectivity index (χ0n) is 9.35. The molecule has 17 heavy (non-hydrogen) atoms. The largest absolute Gasteiger partial charge is 0.397 e. The van der Waals surface area contributed by atoms with E-state index < -0.39 is 0 Å². The van der Waals surface area contributed by atoms with Crippen molar-refractivity contribution in [3.05, 3.63) is 12.1 Å². The van der Waals surface area contributed by atoms with Crippen molar-refractivity contribution in [1.29, 1.82) is 0 Å². The molecule has 0 spiro atoms. The molecule has 0 saturated carbocycles.